The normalized spacial score (nSPS) is 18.1. The Morgan fingerprint density at radius 3 is 2.82 bits per heavy atom. The molecule has 3 aromatic rings. The van der Waals surface area contributed by atoms with Crippen LogP contribution in [0.2, 0.25) is 5.02 Å². The van der Waals surface area contributed by atoms with Crippen LogP contribution in [0.3, 0.4) is 0 Å². The summed E-state index contributed by atoms with van der Waals surface area (Å²) in [6.07, 6.45) is 6.23. The highest BCUT2D eigenvalue weighted by Crippen LogP contribution is 2.46. The molecular weight excluding hydrogens is 380 g/mol. The van der Waals surface area contributed by atoms with E-state index in [1.165, 1.54) is 4.68 Å². The van der Waals surface area contributed by atoms with Crippen LogP contribution in [-0.4, -0.2) is 38.2 Å². The zero-order valence-electron chi connectivity index (χ0n) is 15.9. The first-order chi connectivity index (χ1) is 13.4. The van der Waals surface area contributed by atoms with Crippen LogP contribution < -0.4 is 15.2 Å². The number of rotatable bonds is 6. The lowest BCUT2D eigenvalue weighted by molar-refractivity contribution is 0.278. The molecule has 0 N–H and O–H groups in total. The Morgan fingerprint density at radius 2 is 2.14 bits per heavy atom. The number of hydrogen-bond acceptors (Lipinski definition) is 6. The highest BCUT2D eigenvalue weighted by Gasteiger charge is 2.40. The second-order valence-corrected chi connectivity index (χ2v) is 7.48. The van der Waals surface area contributed by atoms with Crippen molar-refractivity contribution in [2.24, 2.45) is 20.0 Å². The third-order valence-corrected chi connectivity index (χ3v) is 5.18. The van der Waals surface area contributed by atoms with Crippen LogP contribution >= 0.6 is 11.6 Å². The first-order valence-electron chi connectivity index (χ1n) is 8.97. The van der Waals surface area contributed by atoms with E-state index >= 15 is 0 Å². The van der Waals surface area contributed by atoms with E-state index in [0.717, 1.165) is 17.8 Å². The van der Waals surface area contributed by atoms with E-state index < -0.39 is 0 Å². The number of hydrogen-bond donors (Lipinski definition) is 0. The van der Waals surface area contributed by atoms with Gasteiger partial charge in [-0.1, -0.05) is 11.6 Å². The minimum absolute atomic E-state index is 0.201. The number of anilines is 2. The van der Waals surface area contributed by atoms with Crippen molar-refractivity contribution in [3.05, 3.63) is 57.9 Å². The second-order valence-electron chi connectivity index (χ2n) is 7.04. The van der Waals surface area contributed by atoms with Gasteiger partial charge in [-0.3, -0.25) is 14.5 Å². The van der Waals surface area contributed by atoms with Crippen molar-refractivity contribution >= 4 is 23.0 Å². The molecule has 0 spiro atoms. The smallest absolute Gasteiger partial charge is 0.290 e. The monoisotopic (exact) mass is 400 g/mol. The van der Waals surface area contributed by atoms with Crippen molar-refractivity contribution in [2.45, 2.75) is 12.3 Å². The Bertz CT molecular complexity index is 1050. The van der Waals surface area contributed by atoms with E-state index in [2.05, 4.69) is 15.2 Å². The predicted octanol–water partition coefficient (Wildman–Crippen LogP) is 2.51. The molecule has 0 aliphatic heterocycles. The van der Waals surface area contributed by atoms with Crippen LogP contribution in [0.25, 0.3) is 0 Å². The van der Waals surface area contributed by atoms with E-state index in [9.17, 15) is 4.79 Å². The van der Waals surface area contributed by atoms with E-state index in [0.29, 0.717) is 35.0 Å². The number of halogens is 1. The third-order valence-electron chi connectivity index (χ3n) is 4.96. The van der Waals surface area contributed by atoms with Crippen LogP contribution in [0.15, 0.2) is 41.6 Å². The molecular formula is C19H21ClN6O2. The first-order valence-corrected chi connectivity index (χ1v) is 9.35. The average Bonchev–Trinajstić information content (AvgIpc) is 3.33. The quantitative estimate of drug-likeness (QED) is 0.632. The molecule has 8 nitrogen and oxygen atoms in total. The average molecular weight is 401 g/mol. The largest absolute Gasteiger partial charge is 0.476 e. The van der Waals surface area contributed by atoms with Gasteiger partial charge < -0.3 is 9.64 Å². The van der Waals surface area contributed by atoms with Gasteiger partial charge >= 0.3 is 0 Å². The van der Waals surface area contributed by atoms with Crippen LogP contribution in [-0.2, 0) is 14.1 Å². The Morgan fingerprint density at radius 1 is 1.32 bits per heavy atom. The maximum absolute atomic E-state index is 12.5. The van der Waals surface area contributed by atoms with Gasteiger partial charge in [0.15, 0.2) is 0 Å². The van der Waals surface area contributed by atoms with Gasteiger partial charge in [0.05, 0.1) is 23.5 Å². The summed E-state index contributed by atoms with van der Waals surface area (Å²) in [6.45, 7) is 0.524. The molecule has 0 unspecified atom stereocenters. The third kappa shape index (κ3) is 3.73. The fourth-order valence-corrected chi connectivity index (χ4v) is 3.30. The molecule has 2 atom stereocenters. The summed E-state index contributed by atoms with van der Waals surface area (Å²) in [5, 5.41) is 9.01. The molecule has 0 aromatic carbocycles. The zero-order valence-corrected chi connectivity index (χ0v) is 16.7. The molecule has 0 saturated heterocycles. The summed E-state index contributed by atoms with van der Waals surface area (Å²) in [5.74, 6) is 1.18. The molecule has 3 heterocycles. The maximum Gasteiger partial charge on any atom is 0.290 e. The molecule has 9 heteroatoms. The van der Waals surface area contributed by atoms with Gasteiger partial charge in [-0.15, -0.1) is 5.10 Å². The van der Waals surface area contributed by atoms with Gasteiger partial charge in [0.25, 0.3) is 5.56 Å². The van der Waals surface area contributed by atoms with E-state index in [1.807, 2.05) is 32.4 Å². The summed E-state index contributed by atoms with van der Waals surface area (Å²) in [5.41, 5.74) is 2.12. The van der Waals surface area contributed by atoms with Crippen LogP contribution in [0.4, 0.5) is 11.4 Å². The Labute approximate surface area is 167 Å². The number of pyridine rings is 1. The van der Waals surface area contributed by atoms with E-state index in [-0.39, 0.29) is 5.56 Å². The summed E-state index contributed by atoms with van der Waals surface area (Å²) < 4.78 is 8.88. The lowest BCUT2D eigenvalue weighted by atomic mass is 10.2. The molecule has 0 amide bonds. The Hall–Kier alpha value is -2.87. The molecule has 1 aliphatic rings. The van der Waals surface area contributed by atoms with Gasteiger partial charge in [0.2, 0.25) is 5.88 Å². The summed E-state index contributed by atoms with van der Waals surface area (Å²) in [4.78, 5) is 18.7. The summed E-state index contributed by atoms with van der Waals surface area (Å²) >= 11 is 5.90. The molecule has 1 fully saturated rings. The first kappa shape index (κ1) is 18.5. The highest BCUT2D eigenvalue weighted by atomic mass is 35.5. The van der Waals surface area contributed by atoms with Crippen molar-refractivity contribution in [2.75, 3.05) is 18.6 Å². The van der Waals surface area contributed by atoms with Crippen molar-refractivity contribution < 1.29 is 4.74 Å². The van der Waals surface area contributed by atoms with Crippen molar-refractivity contribution in [3.63, 3.8) is 0 Å². The van der Waals surface area contributed by atoms with Crippen LogP contribution in [0, 0.1) is 5.92 Å². The molecule has 1 saturated carbocycles. The van der Waals surface area contributed by atoms with E-state index in [4.69, 9.17) is 16.3 Å². The topological polar surface area (TPSA) is 78.1 Å². The van der Waals surface area contributed by atoms with E-state index in [1.54, 1.807) is 35.1 Å². The number of ether oxygens (including phenoxy) is 1. The maximum atomic E-state index is 12.5. The molecule has 0 radical (unpaired) electrons. The van der Waals surface area contributed by atoms with Gasteiger partial charge in [0.1, 0.15) is 5.69 Å². The fourth-order valence-electron chi connectivity index (χ4n) is 3.19. The molecule has 3 aromatic heterocycles. The van der Waals surface area contributed by atoms with Gasteiger partial charge in [-0.25, -0.2) is 4.68 Å². The molecule has 28 heavy (non-hydrogen) atoms. The standard InChI is InChI=1S/C19H21ClN6O2/c1-24-10-14(9-22-24)25(2)17-7-18(23-26(3)19(17)27)28-11-12-6-15(12)16-5-4-13(20)8-21-16/h4-5,7-10,12,15H,6,11H2,1-3H3/t12-,15+/m1/s1. The van der Waals surface area contributed by atoms with Gasteiger partial charge in [-0.05, 0) is 18.6 Å². The number of nitrogens with zero attached hydrogens (tertiary/aromatic N) is 6. The number of aryl methyl sites for hydroxylation is 2. The summed E-state index contributed by atoms with van der Waals surface area (Å²) in [6, 6.07) is 5.49. The van der Waals surface area contributed by atoms with Crippen LogP contribution in [0.5, 0.6) is 5.88 Å². The fraction of sp³-hybridized carbons (Fsp3) is 0.368. The summed E-state index contributed by atoms with van der Waals surface area (Å²) in [7, 11) is 5.27. The van der Waals surface area contributed by atoms with Crippen molar-refractivity contribution in [1.82, 2.24) is 24.5 Å². The highest BCUT2D eigenvalue weighted by molar-refractivity contribution is 6.30. The molecule has 4 rings (SSSR count). The minimum Gasteiger partial charge on any atom is -0.476 e. The zero-order chi connectivity index (χ0) is 19.8. The van der Waals surface area contributed by atoms with Gasteiger partial charge in [0, 0.05) is 57.1 Å². The SMILES string of the molecule is CN(c1cnn(C)c1)c1cc(OC[C@H]2C[C@@H]2c2ccc(Cl)cn2)nn(C)c1=O. The Balaban J connectivity index is 1.46. The van der Waals surface area contributed by atoms with Gasteiger partial charge in [-0.2, -0.15) is 5.10 Å². The lowest BCUT2D eigenvalue weighted by Crippen LogP contribution is -2.27. The lowest BCUT2D eigenvalue weighted by Gasteiger charge is -2.17. The van der Waals surface area contributed by atoms with Crippen molar-refractivity contribution in [3.8, 4) is 5.88 Å². The minimum atomic E-state index is -0.201. The second kappa shape index (κ2) is 7.27. The van der Waals surface area contributed by atoms with Crippen LogP contribution in [0.1, 0.15) is 18.0 Å². The molecule has 0 bridgehead atoms. The van der Waals surface area contributed by atoms with Crippen molar-refractivity contribution in [1.29, 1.82) is 0 Å². The number of aromatic nitrogens is 5. The molecule has 1 aliphatic carbocycles. The predicted molar refractivity (Wildman–Crippen MR) is 106 cm³/mol. The Kier molecular flexibility index (Phi) is 4.80. The molecule has 146 valence electrons.